The Morgan fingerprint density at radius 3 is 2.54 bits per heavy atom. The van der Waals surface area contributed by atoms with E-state index in [0.717, 1.165) is 18.4 Å². The molecule has 1 heterocycles. The summed E-state index contributed by atoms with van der Waals surface area (Å²) in [5.41, 5.74) is 2.11. The van der Waals surface area contributed by atoms with Crippen molar-refractivity contribution in [1.29, 1.82) is 0 Å². The fourth-order valence-corrected chi connectivity index (χ4v) is 2.27. The van der Waals surface area contributed by atoms with Crippen molar-refractivity contribution in [3.05, 3.63) is 59.3 Å². The smallest absolute Gasteiger partial charge is 0.334 e. The van der Waals surface area contributed by atoms with Crippen LogP contribution in [0.1, 0.15) is 57.0 Å². The van der Waals surface area contributed by atoms with E-state index in [0.29, 0.717) is 11.7 Å². The van der Waals surface area contributed by atoms with Gasteiger partial charge in [-0.3, -0.25) is 0 Å². The molecule has 26 heavy (non-hydrogen) atoms. The molecular formula is C21H26N2O3. The molecule has 1 aromatic carbocycles. The van der Waals surface area contributed by atoms with E-state index in [1.165, 1.54) is 5.56 Å². The monoisotopic (exact) mass is 354 g/mol. The van der Waals surface area contributed by atoms with Crippen LogP contribution < -0.4 is 0 Å². The Morgan fingerprint density at radius 2 is 1.92 bits per heavy atom. The number of rotatable bonds is 7. The second-order valence-electron chi connectivity index (χ2n) is 7.15. The third-order valence-electron chi connectivity index (χ3n) is 3.48. The predicted octanol–water partition coefficient (Wildman–Crippen LogP) is 4.63. The Balaban J connectivity index is 1.94. The Hall–Kier alpha value is -2.69. The minimum Gasteiger partial charge on any atom is -0.457 e. The quantitative estimate of drug-likeness (QED) is 0.535. The molecule has 2 rings (SSSR count). The molecule has 0 spiro atoms. The van der Waals surface area contributed by atoms with Gasteiger partial charge in [0.05, 0.1) is 6.42 Å². The standard InChI is InChI=1S/C21H26N2O3/c1-6-7-16-8-10-17(11-9-16)12-13-18-22-19(26-23-18)14-15(2)20(24)25-21(3,4)5/h8-13H,2,6-7,14H2,1,3-5H3/b13-12+. The molecule has 0 aliphatic rings. The number of benzene rings is 1. The topological polar surface area (TPSA) is 65.2 Å². The number of aryl methyl sites for hydroxylation is 1. The summed E-state index contributed by atoms with van der Waals surface area (Å²) in [6.45, 7) is 11.3. The van der Waals surface area contributed by atoms with E-state index in [1.54, 1.807) is 6.08 Å². The Bertz CT molecular complexity index is 780. The average Bonchev–Trinajstić information content (AvgIpc) is 3.00. The number of hydrogen-bond acceptors (Lipinski definition) is 5. The summed E-state index contributed by atoms with van der Waals surface area (Å²) < 4.78 is 10.4. The summed E-state index contributed by atoms with van der Waals surface area (Å²) in [5, 5.41) is 3.90. The molecule has 2 aromatic rings. The van der Waals surface area contributed by atoms with E-state index in [4.69, 9.17) is 9.26 Å². The summed E-state index contributed by atoms with van der Waals surface area (Å²) >= 11 is 0. The minimum absolute atomic E-state index is 0.168. The van der Waals surface area contributed by atoms with Crippen molar-refractivity contribution in [2.75, 3.05) is 0 Å². The second kappa shape index (κ2) is 8.61. The Kier molecular flexibility index (Phi) is 6.50. The van der Waals surface area contributed by atoms with E-state index in [2.05, 4.69) is 47.9 Å². The van der Waals surface area contributed by atoms with Crippen LogP contribution in [-0.4, -0.2) is 21.7 Å². The van der Waals surface area contributed by atoms with Crippen molar-refractivity contribution in [2.24, 2.45) is 0 Å². The fourth-order valence-electron chi connectivity index (χ4n) is 2.27. The summed E-state index contributed by atoms with van der Waals surface area (Å²) in [4.78, 5) is 16.2. The average molecular weight is 354 g/mol. The fraction of sp³-hybridized carbons (Fsp3) is 0.381. The number of esters is 1. The maximum absolute atomic E-state index is 11.9. The van der Waals surface area contributed by atoms with Crippen molar-refractivity contribution < 1.29 is 14.1 Å². The lowest BCUT2D eigenvalue weighted by Gasteiger charge is -2.19. The third-order valence-corrected chi connectivity index (χ3v) is 3.48. The van der Waals surface area contributed by atoms with E-state index >= 15 is 0 Å². The zero-order valence-electron chi connectivity index (χ0n) is 15.9. The van der Waals surface area contributed by atoms with Crippen LogP contribution in [0.2, 0.25) is 0 Å². The van der Waals surface area contributed by atoms with Crippen molar-refractivity contribution in [3.8, 4) is 0 Å². The van der Waals surface area contributed by atoms with Gasteiger partial charge >= 0.3 is 5.97 Å². The first-order valence-electron chi connectivity index (χ1n) is 8.77. The van der Waals surface area contributed by atoms with Gasteiger partial charge in [0.25, 0.3) is 0 Å². The molecule has 5 nitrogen and oxygen atoms in total. The first kappa shape index (κ1) is 19.6. The molecule has 0 radical (unpaired) electrons. The predicted molar refractivity (Wildman–Crippen MR) is 102 cm³/mol. The second-order valence-corrected chi connectivity index (χ2v) is 7.15. The van der Waals surface area contributed by atoms with Crippen molar-refractivity contribution in [3.63, 3.8) is 0 Å². The normalized spacial score (nSPS) is 11.7. The highest BCUT2D eigenvalue weighted by atomic mass is 16.6. The van der Waals surface area contributed by atoms with Crippen molar-refractivity contribution in [2.45, 2.75) is 52.6 Å². The van der Waals surface area contributed by atoms with E-state index < -0.39 is 11.6 Å². The van der Waals surface area contributed by atoms with Crippen LogP contribution in [0.15, 0.2) is 40.9 Å². The number of hydrogen-bond donors (Lipinski definition) is 0. The zero-order chi connectivity index (χ0) is 19.2. The van der Waals surface area contributed by atoms with Gasteiger partial charge in [-0.1, -0.05) is 55.4 Å². The van der Waals surface area contributed by atoms with Gasteiger partial charge in [0.2, 0.25) is 5.89 Å². The summed E-state index contributed by atoms with van der Waals surface area (Å²) in [7, 11) is 0. The van der Waals surface area contributed by atoms with Crippen LogP contribution >= 0.6 is 0 Å². The molecule has 0 saturated heterocycles. The SMILES string of the molecule is C=C(Cc1nc(/C=C/c2ccc(CCC)cc2)no1)C(=O)OC(C)(C)C. The minimum atomic E-state index is -0.560. The van der Waals surface area contributed by atoms with Gasteiger partial charge in [-0.25, -0.2) is 4.79 Å². The number of carbonyl (C=O) groups excluding carboxylic acids is 1. The molecular weight excluding hydrogens is 328 g/mol. The highest BCUT2D eigenvalue weighted by Crippen LogP contribution is 2.14. The molecule has 0 N–H and O–H groups in total. The molecule has 1 aromatic heterocycles. The summed E-state index contributed by atoms with van der Waals surface area (Å²) in [6, 6.07) is 8.37. The Morgan fingerprint density at radius 1 is 1.23 bits per heavy atom. The lowest BCUT2D eigenvalue weighted by Crippen LogP contribution is -2.25. The highest BCUT2D eigenvalue weighted by molar-refractivity contribution is 5.88. The molecule has 0 fully saturated rings. The molecule has 0 atom stereocenters. The van der Waals surface area contributed by atoms with Crippen molar-refractivity contribution in [1.82, 2.24) is 10.1 Å². The molecule has 0 aliphatic carbocycles. The zero-order valence-corrected chi connectivity index (χ0v) is 15.9. The van der Waals surface area contributed by atoms with Gasteiger partial charge in [-0.05, 0) is 44.4 Å². The van der Waals surface area contributed by atoms with Crippen LogP contribution in [0.5, 0.6) is 0 Å². The van der Waals surface area contributed by atoms with E-state index in [9.17, 15) is 4.79 Å². The largest absolute Gasteiger partial charge is 0.457 e. The Labute approximate surface area is 154 Å². The summed E-state index contributed by atoms with van der Waals surface area (Å²) in [6.07, 6.45) is 6.09. The molecule has 138 valence electrons. The first-order valence-corrected chi connectivity index (χ1v) is 8.77. The first-order chi connectivity index (χ1) is 12.3. The molecule has 0 aliphatic heterocycles. The molecule has 0 bridgehead atoms. The number of aromatic nitrogens is 2. The highest BCUT2D eigenvalue weighted by Gasteiger charge is 2.20. The lowest BCUT2D eigenvalue weighted by molar-refractivity contribution is -0.150. The van der Waals surface area contributed by atoms with Crippen LogP contribution in [0.25, 0.3) is 12.2 Å². The number of carbonyl (C=O) groups is 1. The van der Waals surface area contributed by atoms with E-state index in [1.807, 2.05) is 26.8 Å². The molecule has 0 unspecified atom stereocenters. The summed E-state index contributed by atoms with van der Waals surface area (Å²) in [5.74, 6) is 0.327. The maximum Gasteiger partial charge on any atom is 0.334 e. The van der Waals surface area contributed by atoms with Crippen LogP contribution in [-0.2, 0) is 22.4 Å². The van der Waals surface area contributed by atoms with Crippen LogP contribution in [0.4, 0.5) is 0 Å². The van der Waals surface area contributed by atoms with Gasteiger partial charge in [-0.15, -0.1) is 0 Å². The molecule has 0 saturated carbocycles. The third kappa shape index (κ3) is 6.31. The van der Waals surface area contributed by atoms with Crippen molar-refractivity contribution >= 4 is 18.1 Å². The van der Waals surface area contributed by atoms with E-state index in [-0.39, 0.29) is 12.0 Å². The number of ether oxygens (including phenoxy) is 1. The van der Waals surface area contributed by atoms with Gasteiger partial charge in [0.1, 0.15) is 5.60 Å². The molecule has 5 heteroatoms. The molecule has 0 amide bonds. The number of nitrogens with zero attached hydrogens (tertiary/aromatic N) is 2. The lowest BCUT2D eigenvalue weighted by atomic mass is 10.1. The van der Waals surface area contributed by atoms with Crippen LogP contribution in [0.3, 0.4) is 0 Å². The van der Waals surface area contributed by atoms with Gasteiger partial charge in [0, 0.05) is 5.57 Å². The maximum atomic E-state index is 11.9. The van der Waals surface area contributed by atoms with Gasteiger partial charge in [-0.2, -0.15) is 4.98 Å². The van der Waals surface area contributed by atoms with Crippen LogP contribution in [0, 0.1) is 0 Å². The van der Waals surface area contributed by atoms with Gasteiger partial charge in [0.15, 0.2) is 5.82 Å². The van der Waals surface area contributed by atoms with Gasteiger partial charge < -0.3 is 9.26 Å².